The Labute approximate surface area is 115 Å². The Morgan fingerprint density at radius 3 is 2.10 bits per heavy atom. The molecule has 5 heteroatoms. The van der Waals surface area contributed by atoms with Crippen LogP contribution >= 0.6 is 0 Å². The van der Waals surface area contributed by atoms with Crippen LogP contribution in [-0.2, 0) is 0 Å². The van der Waals surface area contributed by atoms with Gasteiger partial charge in [-0.3, -0.25) is 0 Å². The Bertz CT molecular complexity index is 595. The highest BCUT2D eigenvalue weighted by Gasteiger charge is 2.16. The molecule has 2 aromatic rings. The van der Waals surface area contributed by atoms with E-state index in [9.17, 15) is 8.78 Å². The largest absolute Gasteiger partial charge is 0.497 e. The SMILES string of the molecule is COc1cc(OC)cc(C(N)c2cc(F)ccc2F)c1. The summed E-state index contributed by atoms with van der Waals surface area (Å²) in [7, 11) is 3.01. The summed E-state index contributed by atoms with van der Waals surface area (Å²) in [5, 5.41) is 0. The Balaban J connectivity index is 2.46. The van der Waals surface area contributed by atoms with E-state index in [0.717, 1.165) is 18.2 Å². The highest BCUT2D eigenvalue weighted by molar-refractivity contribution is 5.43. The molecule has 0 aromatic heterocycles. The van der Waals surface area contributed by atoms with Crippen molar-refractivity contribution < 1.29 is 18.3 Å². The lowest BCUT2D eigenvalue weighted by Gasteiger charge is -2.16. The van der Waals surface area contributed by atoms with Gasteiger partial charge in [-0.1, -0.05) is 0 Å². The van der Waals surface area contributed by atoms with Crippen LogP contribution in [0, 0.1) is 11.6 Å². The first kappa shape index (κ1) is 14.3. The van der Waals surface area contributed by atoms with Crippen LogP contribution in [0.1, 0.15) is 17.2 Å². The van der Waals surface area contributed by atoms with Gasteiger partial charge in [0.15, 0.2) is 0 Å². The van der Waals surface area contributed by atoms with Crippen LogP contribution in [0.3, 0.4) is 0 Å². The van der Waals surface area contributed by atoms with Crippen molar-refractivity contribution in [2.45, 2.75) is 6.04 Å². The molecule has 0 radical (unpaired) electrons. The Morgan fingerprint density at radius 1 is 0.950 bits per heavy atom. The Kier molecular flexibility index (Phi) is 4.20. The predicted molar refractivity (Wildman–Crippen MR) is 71.9 cm³/mol. The van der Waals surface area contributed by atoms with Crippen molar-refractivity contribution in [3.8, 4) is 11.5 Å². The number of benzene rings is 2. The van der Waals surface area contributed by atoms with E-state index in [1.54, 1.807) is 18.2 Å². The van der Waals surface area contributed by atoms with Crippen molar-refractivity contribution in [3.05, 3.63) is 59.2 Å². The van der Waals surface area contributed by atoms with E-state index >= 15 is 0 Å². The average Bonchev–Trinajstić information content (AvgIpc) is 2.48. The van der Waals surface area contributed by atoms with Crippen molar-refractivity contribution in [1.29, 1.82) is 0 Å². The third kappa shape index (κ3) is 2.88. The first-order valence-electron chi connectivity index (χ1n) is 5.98. The molecule has 1 atom stereocenters. The van der Waals surface area contributed by atoms with Crippen LogP contribution < -0.4 is 15.2 Å². The van der Waals surface area contributed by atoms with E-state index < -0.39 is 17.7 Å². The van der Waals surface area contributed by atoms with Crippen LogP contribution in [0.15, 0.2) is 36.4 Å². The molecular weight excluding hydrogens is 264 g/mol. The maximum atomic E-state index is 13.8. The summed E-state index contributed by atoms with van der Waals surface area (Å²) < 4.78 is 37.3. The molecule has 20 heavy (non-hydrogen) atoms. The third-order valence-electron chi connectivity index (χ3n) is 3.03. The first-order chi connectivity index (χ1) is 9.55. The zero-order valence-corrected chi connectivity index (χ0v) is 11.2. The lowest BCUT2D eigenvalue weighted by molar-refractivity contribution is 0.393. The molecule has 3 nitrogen and oxygen atoms in total. The predicted octanol–water partition coefficient (Wildman–Crippen LogP) is 3.03. The summed E-state index contributed by atoms with van der Waals surface area (Å²) in [6, 6.07) is 7.40. The average molecular weight is 279 g/mol. The molecule has 106 valence electrons. The van der Waals surface area contributed by atoms with Gasteiger partial charge in [0, 0.05) is 11.6 Å². The summed E-state index contributed by atoms with van der Waals surface area (Å²) in [5.74, 6) is -0.0226. The maximum absolute atomic E-state index is 13.8. The van der Waals surface area contributed by atoms with Crippen LogP contribution in [0.25, 0.3) is 0 Å². The number of ether oxygens (including phenoxy) is 2. The first-order valence-corrected chi connectivity index (χ1v) is 5.98. The molecular formula is C15H15F2NO2. The van der Waals surface area contributed by atoms with E-state index in [4.69, 9.17) is 15.2 Å². The molecule has 0 saturated heterocycles. The van der Waals surface area contributed by atoms with Gasteiger partial charge in [-0.25, -0.2) is 8.78 Å². The molecule has 0 fully saturated rings. The molecule has 0 bridgehead atoms. The number of methoxy groups -OCH3 is 2. The van der Waals surface area contributed by atoms with Crippen molar-refractivity contribution >= 4 is 0 Å². The second kappa shape index (κ2) is 5.88. The molecule has 0 saturated carbocycles. The van der Waals surface area contributed by atoms with E-state index in [2.05, 4.69) is 0 Å². The highest BCUT2D eigenvalue weighted by Crippen LogP contribution is 2.29. The van der Waals surface area contributed by atoms with Gasteiger partial charge in [0.05, 0.1) is 20.3 Å². The van der Waals surface area contributed by atoms with Crippen molar-refractivity contribution in [3.63, 3.8) is 0 Å². The molecule has 1 unspecified atom stereocenters. The third-order valence-corrected chi connectivity index (χ3v) is 3.03. The monoisotopic (exact) mass is 279 g/mol. The summed E-state index contributed by atoms with van der Waals surface area (Å²) in [6.45, 7) is 0. The quantitative estimate of drug-likeness (QED) is 0.935. The van der Waals surface area contributed by atoms with Crippen LogP contribution in [0.5, 0.6) is 11.5 Å². The lowest BCUT2D eigenvalue weighted by Crippen LogP contribution is -2.14. The van der Waals surface area contributed by atoms with Crippen LogP contribution in [-0.4, -0.2) is 14.2 Å². The van der Waals surface area contributed by atoms with E-state index in [1.807, 2.05) is 0 Å². The van der Waals surface area contributed by atoms with Crippen molar-refractivity contribution in [2.24, 2.45) is 5.73 Å². The van der Waals surface area contributed by atoms with Gasteiger partial charge >= 0.3 is 0 Å². The minimum atomic E-state index is -0.810. The molecule has 0 heterocycles. The minimum absolute atomic E-state index is 0.0836. The smallest absolute Gasteiger partial charge is 0.128 e. The number of hydrogen-bond donors (Lipinski definition) is 1. The van der Waals surface area contributed by atoms with Gasteiger partial charge in [-0.05, 0) is 35.9 Å². The van der Waals surface area contributed by atoms with Crippen LogP contribution in [0.2, 0.25) is 0 Å². The van der Waals surface area contributed by atoms with Gasteiger partial charge in [-0.2, -0.15) is 0 Å². The van der Waals surface area contributed by atoms with Gasteiger partial charge < -0.3 is 15.2 Å². The molecule has 0 aliphatic rings. The van der Waals surface area contributed by atoms with Crippen molar-refractivity contribution in [2.75, 3.05) is 14.2 Å². The normalized spacial score (nSPS) is 12.1. The topological polar surface area (TPSA) is 44.5 Å². The second-order valence-corrected chi connectivity index (χ2v) is 4.29. The number of rotatable bonds is 4. The number of halogens is 2. The van der Waals surface area contributed by atoms with Gasteiger partial charge in [0.1, 0.15) is 23.1 Å². The zero-order chi connectivity index (χ0) is 14.7. The van der Waals surface area contributed by atoms with E-state index in [1.165, 1.54) is 14.2 Å². The molecule has 2 rings (SSSR count). The standard InChI is InChI=1S/C15H15F2NO2/c1-19-11-5-9(6-12(8-11)20-2)15(18)13-7-10(16)3-4-14(13)17/h3-8,15H,18H2,1-2H3. The summed E-state index contributed by atoms with van der Waals surface area (Å²) in [4.78, 5) is 0. The van der Waals surface area contributed by atoms with Gasteiger partial charge in [-0.15, -0.1) is 0 Å². The molecule has 0 aliphatic heterocycles. The van der Waals surface area contributed by atoms with Gasteiger partial charge in [0.25, 0.3) is 0 Å². The zero-order valence-electron chi connectivity index (χ0n) is 11.2. The number of hydrogen-bond acceptors (Lipinski definition) is 3. The summed E-state index contributed by atoms with van der Waals surface area (Å²) in [6.07, 6.45) is 0. The maximum Gasteiger partial charge on any atom is 0.128 e. The van der Waals surface area contributed by atoms with Crippen molar-refractivity contribution in [1.82, 2.24) is 0 Å². The van der Waals surface area contributed by atoms with E-state index in [-0.39, 0.29) is 5.56 Å². The Hall–Kier alpha value is -2.14. The molecule has 0 spiro atoms. The fourth-order valence-electron chi connectivity index (χ4n) is 1.94. The molecule has 0 amide bonds. The second-order valence-electron chi connectivity index (χ2n) is 4.29. The fraction of sp³-hybridized carbons (Fsp3) is 0.200. The Morgan fingerprint density at radius 2 is 1.55 bits per heavy atom. The fourth-order valence-corrected chi connectivity index (χ4v) is 1.94. The van der Waals surface area contributed by atoms with Gasteiger partial charge in [0.2, 0.25) is 0 Å². The summed E-state index contributed by atoms with van der Waals surface area (Å²) >= 11 is 0. The van der Waals surface area contributed by atoms with E-state index in [0.29, 0.717) is 17.1 Å². The van der Waals surface area contributed by atoms with Crippen LogP contribution in [0.4, 0.5) is 8.78 Å². The summed E-state index contributed by atoms with van der Waals surface area (Å²) in [5.41, 5.74) is 6.67. The number of nitrogens with two attached hydrogens (primary N) is 1. The molecule has 0 aliphatic carbocycles. The highest BCUT2D eigenvalue weighted by atomic mass is 19.1. The molecule has 2 N–H and O–H groups in total. The lowest BCUT2D eigenvalue weighted by atomic mass is 9.98. The minimum Gasteiger partial charge on any atom is -0.497 e. The molecule has 2 aromatic carbocycles.